The number of carbonyl (C=O) groups is 1. The minimum atomic E-state index is -0.0929. The number of benzene rings is 1. The molecule has 2 aliphatic rings. The van der Waals surface area contributed by atoms with E-state index in [1.807, 2.05) is 24.3 Å². The van der Waals surface area contributed by atoms with E-state index in [1.165, 1.54) is 25.7 Å². The molecule has 25 heavy (non-hydrogen) atoms. The minimum absolute atomic E-state index is 0.0759. The van der Waals surface area contributed by atoms with Crippen LogP contribution in [0.15, 0.2) is 35.3 Å². The van der Waals surface area contributed by atoms with E-state index in [0.717, 1.165) is 23.9 Å². The lowest BCUT2D eigenvalue weighted by Gasteiger charge is -2.41. The molecule has 2 aromatic rings. The highest BCUT2D eigenvalue weighted by atomic mass is 16.2. The number of hydrogen-bond donors (Lipinski definition) is 3. The molecule has 2 heterocycles. The van der Waals surface area contributed by atoms with Crippen molar-refractivity contribution in [3.05, 3.63) is 46.4 Å². The van der Waals surface area contributed by atoms with Crippen LogP contribution < -0.4 is 16.2 Å². The molecule has 4 rings (SSSR count). The van der Waals surface area contributed by atoms with Crippen LogP contribution in [0, 0.1) is 11.8 Å². The van der Waals surface area contributed by atoms with Crippen molar-refractivity contribution in [2.45, 2.75) is 44.7 Å². The van der Waals surface area contributed by atoms with Crippen molar-refractivity contribution in [3.63, 3.8) is 0 Å². The second-order valence-corrected chi connectivity index (χ2v) is 7.34. The maximum absolute atomic E-state index is 12.8. The van der Waals surface area contributed by atoms with Gasteiger partial charge in [-0.2, -0.15) is 0 Å². The van der Waals surface area contributed by atoms with Gasteiger partial charge in [-0.15, -0.1) is 0 Å². The van der Waals surface area contributed by atoms with E-state index >= 15 is 0 Å². The summed E-state index contributed by atoms with van der Waals surface area (Å²) in [6.45, 7) is 1.37. The third-order valence-corrected chi connectivity index (χ3v) is 5.91. The van der Waals surface area contributed by atoms with Crippen molar-refractivity contribution in [3.8, 4) is 0 Å². The fourth-order valence-corrected chi connectivity index (χ4v) is 4.60. The first-order valence-electron chi connectivity index (χ1n) is 9.34. The number of aromatic nitrogens is 1. The molecule has 3 unspecified atom stereocenters. The third kappa shape index (κ3) is 3.21. The minimum Gasteiger partial charge on any atom is -0.351 e. The second-order valence-electron chi connectivity index (χ2n) is 7.34. The van der Waals surface area contributed by atoms with Crippen molar-refractivity contribution in [1.82, 2.24) is 15.6 Å². The monoisotopic (exact) mass is 339 g/mol. The normalized spacial score (nSPS) is 26.2. The number of carbonyl (C=O) groups excluding carboxylic acids is 1. The molecule has 1 aliphatic carbocycles. The van der Waals surface area contributed by atoms with Crippen LogP contribution >= 0.6 is 0 Å². The molecule has 1 aliphatic heterocycles. The zero-order valence-corrected chi connectivity index (χ0v) is 14.4. The van der Waals surface area contributed by atoms with Crippen molar-refractivity contribution in [2.24, 2.45) is 11.8 Å². The molecule has 5 heteroatoms. The summed E-state index contributed by atoms with van der Waals surface area (Å²) in [6.07, 6.45) is 7.86. The van der Waals surface area contributed by atoms with E-state index in [0.29, 0.717) is 23.8 Å². The molecule has 5 nitrogen and oxygen atoms in total. The van der Waals surface area contributed by atoms with Gasteiger partial charge in [0.25, 0.3) is 5.56 Å². The van der Waals surface area contributed by atoms with Gasteiger partial charge < -0.3 is 15.6 Å². The summed E-state index contributed by atoms with van der Waals surface area (Å²) in [5, 5.41) is 8.09. The Morgan fingerprint density at radius 3 is 2.80 bits per heavy atom. The molecule has 0 bridgehead atoms. The number of nitrogens with one attached hydrogen (secondary N) is 3. The number of pyridine rings is 1. The van der Waals surface area contributed by atoms with Crippen LogP contribution in [0.3, 0.4) is 0 Å². The van der Waals surface area contributed by atoms with E-state index < -0.39 is 0 Å². The number of amides is 1. The average molecular weight is 339 g/mol. The lowest BCUT2D eigenvalue weighted by atomic mass is 9.71. The summed E-state index contributed by atoms with van der Waals surface area (Å²) in [7, 11) is 0. The first kappa shape index (κ1) is 16.3. The van der Waals surface area contributed by atoms with Gasteiger partial charge in [-0.25, -0.2) is 0 Å². The third-order valence-electron chi connectivity index (χ3n) is 5.91. The first-order chi connectivity index (χ1) is 12.2. The molecule has 1 saturated carbocycles. The molecule has 0 radical (unpaired) electrons. The predicted octanol–water partition coefficient (Wildman–Crippen LogP) is 2.31. The Morgan fingerprint density at radius 2 is 1.92 bits per heavy atom. The number of rotatable bonds is 3. The number of fused-ring (bicyclic) bond motifs is 2. The van der Waals surface area contributed by atoms with Crippen molar-refractivity contribution in [2.75, 3.05) is 6.54 Å². The van der Waals surface area contributed by atoms with E-state index in [1.54, 1.807) is 6.20 Å². The van der Waals surface area contributed by atoms with Gasteiger partial charge in [-0.05, 0) is 48.2 Å². The molecule has 2 fully saturated rings. The summed E-state index contributed by atoms with van der Waals surface area (Å²) in [5.74, 6) is 1.25. The Balaban J connectivity index is 1.49. The molecule has 1 amide bonds. The van der Waals surface area contributed by atoms with Gasteiger partial charge in [0.1, 0.15) is 0 Å². The quantitative estimate of drug-likeness (QED) is 0.803. The SMILES string of the molecule is O=C(NCc1c[nH]c(=O)c2ccccc12)C1NCCC2CCCCC21. The largest absolute Gasteiger partial charge is 0.351 e. The Bertz CT molecular complexity index is 827. The molecule has 1 aromatic heterocycles. The fourth-order valence-electron chi connectivity index (χ4n) is 4.60. The number of aromatic amines is 1. The van der Waals surface area contributed by atoms with Gasteiger partial charge in [-0.1, -0.05) is 37.5 Å². The molecular formula is C20H25N3O2. The predicted molar refractivity (Wildman–Crippen MR) is 98.3 cm³/mol. The van der Waals surface area contributed by atoms with Crippen LogP contribution in [0.25, 0.3) is 10.8 Å². The Morgan fingerprint density at radius 1 is 1.12 bits per heavy atom. The van der Waals surface area contributed by atoms with E-state index in [4.69, 9.17) is 0 Å². The van der Waals surface area contributed by atoms with Crippen LogP contribution in [0.2, 0.25) is 0 Å². The molecule has 0 spiro atoms. The summed E-state index contributed by atoms with van der Waals surface area (Å²) in [5.41, 5.74) is 0.851. The van der Waals surface area contributed by atoms with Crippen molar-refractivity contribution >= 4 is 16.7 Å². The summed E-state index contributed by atoms with van der Waals surface area (Å²) >= 11 is 0. The lowest BCUT2D eigenvalue weighted by molar-refractivity contribution is -0.126. The number of hydrogen-bond acceptors (Lipinski definition) is 3. The lowest BCUT2D eigenvalue weighted by Crippen LogP contribution is -2.55. The van der Waals surface area contributed by atoms with Crippen LogP contribution in [0.1, 0.15) is 37.7 Å². The summed E-state index contributed by atoms with van der Waals surface area (Å²) in [4.78, 5) is 27.5. The van der Waals surface area contributed by atoms with E-state index in [2.05, 4.69) is 15.6 Å². The zero-order chi connectivity index (χ0) is 17.2. The van der Waals surface area contributed by atoms with Gasteiger partial charge in [0.05, 0.1) is 6.04 Å². The average Bonchev–Trinajstić information content (AvgIpc) is 2.67. The maximum atomic E-state index is 12.8. The van der Waals surface area contributed by atoms with Gasteiger partial charge >= 0.3 is 0 Å². The second kappa shape index (κ2) is 7.00. The van der Waals surface area contributed by atoms with Crippen LogP contribution in [-0.4, -0.2) is 23.5 Å². The highest BCUT2D eigenvalue weighted by Crippen LogP contribution is 2.36. The molecule has 3 N–H and O–H groups in total. The summed E-state index contributed by atoms with van der Waals surface area (Å²) < 4.78 is 0. The molecule has 132 valence electrons. The maximum Gasteiger partial charge on any atom is 0.255 e. The Kier molecular flexibility index (Phi) is 4.57. The molecular weight excluding hydrogens is 314 g/mol. The Hall–Kier alpha value is -2.14. The first-order valence-corrected chi connectivity index (χ1v) is 9.34. The fraction of sp³-hybridized carbons (Fsp3) is 0.500. The summed E-state index contributed by atoms with van der Waals surface area (Å²) in [6, 6.07) is 7.45. The number of H-pyrrole nitrogens is 1. The zero-order valence-electron chi connectivity index (χ0n) is 14.4. The smallest absolute Gasteiger partial charge is 0.255 e. The molecule has 1 saturated heterocycles. The van der Waals surface area contributed by atoms with Gasteiger partial charge in [0.2, 0.25) is 5.91 Å². The van der Waals surface area contributed by atoms with Crippen LogP contribution in [0.4, 0.5) is 0 Å². The highest BCUT2D eigenvalue weighted by Gasteiger charge is 2.38. The van der Waals surface area contributed by atoms with Crippen molar-refractivity contribution < 1.29 is 4.79 Å². The van der Waals surface area contributed by atoms with Gasteiger partial charge in [0.15, 0.2) is 0 Å². The van der Waals surface area contributed by atoms with E-state index in [-0.39, 0.29) is 17.5 Å². The van der Waals surface area contributed by atoms with Crippen LogP contribution in [0.5, 0.6) is 0 Å². The van der Waals surface area contributed by atoms with Gasteiger partial charge in [0, 0.05) is 18.1 Å². The molecule has 3 atom stereocenters. The van der Waals surface area contributed by atoms with Crippen molar-refractivity contribution in [1.29, 1.82) is 0 Å². The molecule has 1 aromatic carbocycles. The van der Waals surface area contributed by atoms with Crippen LogP contribution in [-0.2, 0) is 11.3 Å². The van der Waals surface area contributed by atoms with E-state index in [9.17, 15) is 9.59 Å². The van der Waals surface area contributed by atoms with Gasteiger partial charge in [-0.3, -0.25) is 9.59 Å². The standard InChI is InChI=1S/C20H25N3O2/c24-19-17-8-4-3-6-15(17)14(11-22-19)12-23-20(25)18-16-7-2-1-5-13(16)9-10-21-18/h3-4,6,8,11,13,16,18,21H,1-2,5,7,9-10,12H2,(H,22,24)(H,23,25). The highest BCUT2D eigenvalue weighted by molar-refractivity contribution is 5.86. The Labute approximate surface area is 147 Å². The number of piperidine rings is 1. The topological polar surface area (TPSA) is 74.0 Å².